The Hall–Kier alpha value is -3.84. The lowest BCUT2D eigenvalue weighted by atomic mass is 10.2. The lowest BCUT2D eigenvalue weighted by Gasteiger charge is -2.25. The van der Waals surface area contributed by atoms with Crippen LogP contribution in [0.15, 0.2) is 101 Å². The summed E-state index contributed by atoms with van der Waals surface area (Å²) < 4.78 is 0. The number of benzene rings is 3. The summed E-state index contributed by atoms with van der Waals surface area (Å²) in [5, 5.41) is 21.4. The van der Waals surface area contributed by atoms with Crippen LogP contribution in [0.4, 0.5) is 11.4 Å². The van der Waals surface area contributed by atoms with Crippen LogP contribution < -0.4 is 4.90 Å². The fourth-order valence-electron chi connectivity index (χ4n) is 3.09. The monoisotopic (exact) mass is 411 g/mol. The molecular weight excluding hydrogens is 394 g/mol. The van der Waals surface area contributed by atoms with Crippen molar-refractivity contribution in [2.75, 3.05) is 4.90 Å². The van der Waals surface area contributed by atoms with Gasteiger partial charge in [-0.1, -0.05) is 48.5 Å². The molecule has 0 aliphatic heterocycles. The number of rotatable bonds is 4. The molecule has 30 heavy (non-hydrogen) atoms. The summed E-state index contributed by atoms with van der Waals surface area (Å²) in [4.78, 5) is 17.8. The van der Waals surface area contributed by atoms with Crippen molar-refractivity contribution in [2.24, 2.45) is 5.18 Å². The topological polar surface area (TPSA) is 93.3 Å². The molecule has 0 amide bonds. The van der Waals surface area contributed by atoms with Crippen LogP contribution in [-0.2, 0) is 0 Å². The number of thioether (sulfide) groups is 1. The van der Waals surface area contributed by atoms with E-state index in [1.165, 1.54) is 11.8 Å². The maximum atomic E-state index is 11.1. The van der Waals surface area contributed by atoms with Crippen LogP contribution >= 0.6 is 11.8 Å². The molecule has 7 heteroatoms. The van der Waals surface area contributed by atoms with Crippen LogP contribution in [0.1, 0.15) is 5.56 Å². The first-order chi connectivity index (χ1) is 14.7. The van der Waals surface area contributed by atoms with Gasteiger partial charge >= 0.3 is 0 Å². The second-order valence-electron chi connectivity index (χ2n) is 6.37. The molecule has 0 saturated carbocycles. The lowest BCUT2D eigenvalue weighted by Crippen LogP contribution is -2.34. The Morgan fingerprint density at radius 2 is 1.57 bits per heavy atom. The fraction of sp³-hybridized carbons (Fsp3) is 0. The van der Waals surface area contributed by atoms with Crippen molar-refractivity contribution in [3.8, 4) is 0 Å². The van der Waals surface area contributed by atoms with Gasteiger partial charge in [0, 0.05) is 27.7 Å². The number of nitroso groups, excluding NO2 is 1. The summed E-state index contributed by atoms with van der Waals surface area (Å²) in [5.41, 5.74) is 2.33. The average Bonchev–Trinajstić information content (AvgIpc) is 2.80. The summed E-state index contributed by atoms with van der Waals surface area (Å²) in [6.45, 7) is 0. The molecule has 146 valence electrons. The zero-order valence-corrected chi connectivity index (χ0v) is 16.6. The Labute approximate surface area is 177 Å². The molecule has 0 aliphatic rings. The van der Waals surface area contributed by atoms with Crippen molar-refractivity contribution < 1.29 is 0 Å². The highest BCUT2D eigenvalue weighted by Crippen LogP contribution is 2.34. The van der Waals surface area contributed by atoms with Gasteiger partial charge in [-0.2, -0.15) is 0 Å². The van der Waals surface area contributed by atoms with Crippen molar-refractivity contribution in [3.05, 3.63) is 102 Å². The Morgan fingerprint density at radius 1 is 0.867 bits per heavy atom. The second kappa shape index (κ2) is 8.67. The van der Waals surface area contributed by atoms with Crippen molar-refractivity contribution in [1.29, 1.82) is 10.8 Å². The number of aromatic nitrogens is 1. The largest absolute Gasteiger partial charge is 0.283 e. The number of fused-ring (bicyclic) bond motifs is 1. The Bertz CT molecular complexity index is 1230. The Morgan fingerprint density at radius 3 is 2.27 bits per heavy atom. The average molecular weight is 411 g/mol. The number of para-hydroxylation sites is 1. The van der Waals surface area contributed by atoms with Crippen molar-refractivity contribution >= 4 is 45.0 Å². The van der Waals surface area contributed by atoms with Gasteiger partial charge in [0.2, 0.25) is 0 Å². The van der Waals surface area contributed by atoms with E-state index < -0.39 is 0 Å². The van der Waals surface area contributed by atoms with Gasteiger partial charge in [0.1, 0.15) is 11.5 Å². The van der Waals surface area contributed by atoms with E-state index in [2.05, 4.69) is 10.2 Å². The van der Waals surface area contributed by atoms with Gasteiger partial charge in [0.15, 0.2) is 5.17 Å². The molecule has 0 radical (unpaired) electrons. The normalized spacial score (nSPS) is 10.5. The minimum absolute atomic E-state index is 0.147. The fourth-order valence-corrected chi connectivity index (χ4v) is 3.99. The van der Waals surface area contributed by atoms with E-state index in [1.807, 2.05) is 60.7 Å². The third kappa shape index (κ3) is 3.83. The number of anilines is 1. The number of hydrogen-bond acceptors (Lipinski definition) is 6. The van der Waals surface area contributed by atoms with Crippen LogP contribution in [0.2, 0.25) is 0 Å². The van der Waals surface area contributed by atoms with Crippen molar-refractivity contribution in [1.82, 2.24) is 4.98 Å². The SMILES string of the molecule is N=C(Sc1ccc(N=O)c2cccnc12)N(C(=N)c1ccccc1)c1ccccc1. The number of pyridine rings is 1. The maximum absolute atomic E-state index is 11.1. The van der Waals surface area contributed by atoms with Gasteiger partial charge in [-0.25, -0.2) is 0 Å². The third-order valence-corrected chi connectivity index (χ3v) is 5.43. The first-order valence-corrected chi connectivity index (χ1v) is 9.97. The van der Waals surface area contributed by atoms with Gasteiger partial charge in [-0.05, 0) is 53.3 Å². The molecule has 0 spiro atoms. The first-order valence-electron chi connectivity index (χ1n) is 9.15. The van der Waals surface area contributed by atoms with E-state index in [0.29, 0.717) is 32.7 Å². The third-order valence-electron chi connectivity index (χ3n) is 4.50. The van der Waals surface area contributed by atoms with Gasteiger partial charge in [0.05, 0.1) is 5.52 Å². The van der Waals surface area contributed by atoms with Crippen LogP contribution in [0.5, 0.6) is 0 Å². The van der Waals surface area contributed by atoms with E-state index in [1.54, 1.807) is 35.4 Å². The smallest absolute Gasteiger partial charge is 0.171 e. The molecule has 2 N–H and O–H groups in total. The second-order valence-corrected chi connectivity index (χ2v) is 7.40. The molecule has 1 heterocycles. The van der Waals surface area contributed by atoms with E-state index >= 15 is 0 Å². The molecule has 1 aromatic heterocycles. The molecule has 6 nitrogen and oxygen atoms in total. The Kier molecular flexibility index (Phi) is 5.63. The zero-order chi connectivity index (χ0) is 20.9. The highest BCUT2D eigenvalue weighted by Gasteiger charge is 2.21. The molecule has 0 atom stereocenters. The summed E-state index contributed by atoms with van der Waals surface area (Å²) in [6, 6.07) is 25.6. The zero-order valence-electron chi connectivity index (χ0n) is 15.8. The molecule has 0 aliphatic carbocycles. The van der Waals surface area contributed by atoms with Gasteiger partial charge < -0.3 is 0 Å². The number of amidine groups is 2. The number of nitrogens with one attached hydrogen (secondary N) is 2. The summed E-state index contributed by atoms with van der Waals surface area (Å²) in [6.07, 6.45) is 1.64. The quantitative estimate of drug-likeness (QED) is 0.181. The van der Waals surface area contributed by atoms with Gasteiger partial charge in [-0.15, -0.1) is 4.91 Å². The van der Waals surface area contributed by atoms with E-state index in [-0.39, 0.29) is 11.0 Å². The van der Waals surface area contributed by atoms with Gasteiger partial charge in [0.25, 0.3) is 0 Å². The summed E-state index contributed by atoms with van der Waals surface area (Å²) in [5.74, 6) is 0.197. The van der Waals surface area contributed by atoms with E-state index in [9.17, 15) is 4.91 Å². The van der Waals surface area contributed by atoms with Crippen LogP contribution in [0.25, 0.3) is 10.9 Å². The summed E-state index contributed by atoms with van der Waals surface area (Å²) in [7, 11) is 0. The standard InChI is InChI=1S/C23H17N5OS/c24-22(16-8-3-1-4-9-16)28(17-10-5-2-6-11-17)23(25)30-20-14-13-19(27-29)18-12-7-15-26-21(18)20/h1-15,24-25H. The van der Waals surface area contributed by atoms with E-state index in [0.717, 1.165) is 0 Å². The molecule has 0 saturated heterocycles. The van der Waals surface area contributed by atoms with E-state index in [4.69, 9.17) is 10.8 Å². The van der Waals surface area contributed by atoms with Gasteiger partial charge in [-0.3, -0.25) is 20.7 Å². The molecular formula is C23H17N5OS. The van der Waals surface area contributed by atoms with Crippen molar-refractivity contribution in [3.63, 3.8) is 0 Å². The van der Waals surface area contributed by atoms with Crippen LogP contribution in [-0.4, -0.2) is 16.0 Å². The molecule has 0 unspecified atom stereocenters. The predicted octanol–water partition coefficient (Wildman–Crippen LogP) is 6.19. The highest BCUT2D eigenvalue weighted by molar-refractivity contribution is 8.14. The summed E-state index contributed by atoms with van der Waals surface area (Å²) >= 11 is 1.18. The molecule has 0 fully saturated rings. The minimum Gasteiger partial charge on any atom is -0.283 e. The highest BCUT2D eigenvalue weighted by atomic mass is 32.2. The predicted molar refractivity (Wildman–Crippen MR) is 123 cm³/mol. The molecule has 4 aromatic rings. The minimum atomic E-state index is 0.147. The number of nitrogens with zero attached hydrogens (tertiary/aromatic N) is 3. The van der Waals surface area contributed by atoms with Crippen LogP contribution in [0, 0.1) is 15.7 Å². The van der Waals surface area contributed by atoms with Crippen LogP contribution in [0.3, 0.4) is 0 Å². The molecule has 4 rings (SSSR count). The first kappa shape index (κ1) is 19.5. The molecule has 3 aromatic carbocycles. The van der Waals surface area contributed by atoms with Crippen molar-refractivity contribution in [2.45, 2.75) is 4.90 Å². The molecule has 0 bridgehead atoms. The maximum Gasteiger partial charge on any atom is 0.171 e. The number of hydrogen-bond donors (Lipinski definition) is 2. The lowest BCUT2D eigenvalue weighted by molar-refractivity contribution is 1.31. The Balaban J connectivity index is 1.74.